The highest BCUT2D eigenvalue weighted by Gasteiger charge is 2.41. The Kier molecular flexibility index (Phi) is 6.59. The van der Waals surface area contributed by atoms with Gasteiger partial charge in [-0.1, -0.05) is 109 Å². The second-order valence-corrected chi connectivity index (χ2v) is 10.7. The Balaban J connectivity index is 1.37. The molecule has 4 aromatic carbocycles. The van der Waals surface area contributed by atoms with Crippen LogP contribution in [0.25, 0.3) is 0 Å². The molecule has 2 aliphatic rings. The molecular formula is C33H36N3+. The third kappa shape index (κ3) is 5.09. The first kappa shape index (κ1) is 23.0. The van der Waals surface area contributed by atoms with E-state index >= 15 is 0 Å². The van der Waals surface area contributed by atoms with Crippen molar-refractivity contribution < 1.29 is 4.48 Å². The van der Waals surface area contributed by atoms with Crippen LogP contribution >= 0.6 is 0 Å². The summed E-state index contributed by atoms with van der Waals surface area (Å²) in [6.45, 7) is 8.63. The van der Waals surface area contributed by atoms with Gasteiger partial charge in [0, 0.05) is 48.6 Å². The number of rotatable bonds is 6. The fourth-order valence-electron chi connectivity index (χ4n) is 6.41. The van der Waals surface area contributed by atoms with Crippen LogP contribution < -0.4 is 4.90 Å². The molecule has 1 fully saturated rings. The summed E-state index contributed by atoms with van der Waals surface area (Å²) in [6.07, 6.45) is 0. The van der Waals surface area contributed by atoms with Crippen LogP contribution in [0.15, 0.2) is 115 Å². The van der Waals surface area contributed by atoms with E-state index in [9.17, 15) is 0 Å². The zero-order valence-corrected chi connectivity index (χ0v) is 21.0. The Morgan fingerprint density at radius 3 is 1.81 bits per heavy atom. The molecule has 0 N–H and O–H groups in total. The van der Waals surface area contributed by atoms with Crippen molar-refractivity contribution in [1.29, 1.82) is 0 Å². The van der Waals surface area contributed by atoms with E-state index in [1.54, 1.807) is 0 Å². The predicted molar refractivity (Wildman–Crippen MR) is 148 cm³/mol. The lowest BCUT2D eigenvalue weighted by Gasteiger charge is -2.45. The summed E-state index contributed by atoms with van der Waals surface area (Å²) < 4.78 is 1.05. The highest BCUT2D eigenvalue weighted by Crippen LogP contribution is 2.36. The monoisotopic (exact) mass is 474 g/mol. The first-order valence-electron chi connectivity index (χ1n) is 13.3. The number of piperazine rings is 1. The van der Waals surface area contributed by atoms with Gasteiger partial charge in [-0.3, -0.25) is 4.90 Å². The fraction of sp³-hybridized carbons (Fsp3) is 0.273. The van der Waals surface area contributed by atoms with Gasteiger partial charge in [-0.15, -0.1) is 0 Å². The minimum atomic E-state index is 0.485. The van der Waals surface area contributed by atoms with Crippen LogP contribution in [0.3, 0.4) is 0 Å². The average Bonchev–Trinajstić information content (AvgIpc) is 3.04. The van der Waals surface area contributed by atoms with E-state index in [2.05, 4.69) is 125 Å². The molecule has 0 radical (unpaired) electrons. The molecule has 3 nitrogen and oxygen atoms in total. The highest BCUT2D eigenvalue weighted by atomic mass is 15.4. The van der Waals surface area contributed by atoms with E-state index in [4.69, 9.17) is 0 Å². The van der Waals surface area contributed by atoms with E-state index in [1.165, 1.54) is 27.9 Å². The molecule has 0 amide bonds. The Hall–Kier alpha value is -3.40. The zero-order valence-electron chi connectivity index (χ0n) is 21.0. The van der Waals surface area contributed by atoms with Gasteiger partial charge in [-0.2, -0.15) is 0 Å². The minimum absolute atomic E-state index is 0.485. The second kappa shape index (κ2) is 10.3. The Labute approximate surface area is 215 Å². The molecule has 2 heterocycles. The molecule has 0 spiro atoms. The third-order valence-electron chi connectivity index (χ3n) is 7.94. The molecule has 0 aromatic heterocycles. The van der Waals surface area contributed by atoms with Crippen LogP contribution in [0.1, 0.15) is 22.3 Å². The summed E-state index contributed by atoms with van der Waals surface area (Å²) in [5.41, 5.74) is 7.20. The number of para-hydroxylation sites is 1. The number of anilines is 1. The predicted octanol–water partition coefficient (Wildman–Crippen LogP) is 6.11. The third-order valence-corrected chi connectivity index (χ3v) is 7.94. The lowest BCUT2D eigenvalue weighted by molar-refractivity contribution is -0.966. The van der Waals surface area contributed by atoms with Gasteiger partial charge in [0.1, 0.15) is 26.2 Å². The molecule has 36 heavy (non-hydrogen) atoms. The standard InChI is InChI=1S/C33H36N3/c1-4-12-28(13-5-1)22-34-20-21-35-32(23-34)27-36(24-29-14-6-2-7-15-29,25-30-16-8-3-9-17-30)26-31-18-10-11-19-33(31)35/h1-19,32H,20-27H2/q+1. The smallest absolute Gasteiger partial charge is 0.107 e. The largest absolute Gasteiger partial charge is 0.360 e. The average molecular weight is 475 g/mol. The van der Waals surface area contributed by atoms with Crippen molar-refractivity contribution in [2.75, 3.05) is 31.1 Å². The lowest BCUT2D eigenvalue weighted by Crippen LogP contribution is -2.59. The van der Waals surface area contributed by atoms with Gasteiger partial charge >= 0.3 is 0 Å². The summed E-state index contributed by atoms with van der Waals surface area (Å²) in [5.74, 6) is 0. The summed E-state index contributed by atoms with van der Waals surface area (Å²) in [7, 11) is 0. The summed E-state index contributed by atoms with van der Waals surface area (Å²) in [6, 6.07) is 42.9. The molecule has 0 bridgehead atoms. The van der Waals surface area contributed by atoms with Crippen LogP contribution in [0.4, 0.5) is 5.69 Å². The molecule has 1 saturated heterocycles. The summed E-state index contributed by atoms with van der Waals surface area (Å²) >= 11 is 0. The minimum Gasteiger partial charge on any atom is -0.360 e. The van der Waals surface area contributed by atoms with Crippen molar-refractivity contribution >= 4 is 5.69 Å². The van der Waals surface area contributed by atoms with Crippen molar-refractivity contribution in [1.82, 2.24) is 4.90 Å². The maximum atomic E-state index is 2.73. The van der Waals surface area contributed by atoms with E-state index in [0.29, 0.717) is 6.04 Å². The van der Waals surface area contributed by atoms with Crippen molar-refractivity contribution in [2.45, 2.75) is 32.2 Å². The number of nitrogens with zero attached hydrogens (tertiary/aromatic N) is 3. The van der Waals surface area contributed by atoms with Crippen molar-refractivity contribution in [3.63, 3.8) is 0 Å². The van der Waals surface area contributed by atoms with E-state index in [1.807, 2.05) is 0 Å². The number of quaternary nitrogens is 1. The number of hydrogen-bond donors (Lipinski definition) is 0. The molecule has 4 aromatic rings. The molecular weight excluding hydrogens is 438 g/mol. The van der Waals surface area contributed by atoms with Crippen LogP contribution in [0, 0.1) is 0 Å². The lowest BCUT2D eigenvalue weighted by atomic mass is 10.1. The molecule has 0 saturated carbocycles. The van der Waals surface area contributed by atoms with Gasteiger partial charge in [-0.25, -0.2) is 0 Å². The first-order valence-corrected chi connectivity index (χ1v) is 13.3. The Morgan fingerprint density at radius 1 is 0.611 bits per heavy atom. The summed E-state index contributed by atoms with van der Waals surface area (Å²) in [5, 5.41) is 0. The molecule has 6 rings (SSSR count). The Morgan fingerprint density at radius 2 is 1.17 bits per heavy atom. The maximum Gasteiger partial charge on any atom is 0.107 e. The maximum absolute atomic E-state index is 2.73. The molecule has 2 aliphatic heterocycles. The van der Waals surface area contributed by atoms with Gasteiger partial charge in [0.15, 0.2) is 0 Å². The van der Waals surface area contributed by atoms with Crippen molar-refractivity contribution in [3.8, 4) is 0 Å². The molecule has 3 heteroatoms. The van der Waals surface area contributed by atoms with Crippen molar-refractivity contribution in [3.05, 3.63) is 138 Å². The van der Waals surface area contributed by atoms with Gasteiger partial charge in [0.25, 0.3) is 0 Å². The molecule has 182 valence electrons. The van der Waals surface area contributed by atoms with Gasteiger partial charge in [0.2, 0.25) is 0 Å². The highest BCUT2D eigenvalue weighted by molar-refractivity contribution is 5.55. The SMILES string of the molecule is c1ccc(CN2CCN3c4ccccc4C[N+](Cc4ccccc4)(Cc4ccccc4)CC3C2)cc1. The Bertz CT molecular complexity index is 1210. The van der Waals surface area contributed by atoms with E-state index in [-0.39, 0.29) is 0 Å². The normalized spacial score (nSPS) is 19.2. The number of fused-ring (bicyclic) bond motifs is 3. The second-order valence-electron chi connectivity index (χ2n) is 10.7. The van der Waals surface area contributed by atoms with Crippen molar-refractivity contribution in [2.24, 2.45) is 0 Å². The van der Waals surface area contributed by atoms with Crippen LogP contribution in [-0.4, -0.2) is 41.6 Å². The van der Waals surface area contributed by atoms with Crippen LogP contribution in [-0.2, 0) is 26.2 Å². The van der Waals surface area contributed by atoms with E-state index < -0.39 is 0 Å². The van der Waals surface area contributed by atoms with Gasteiger partial charge in [-0.05, 0) is 11.6 Å². The van der Waals surface area contributed by atoms with E-state index in [0.717, 1.165) is 56.8 Å². The molecule has 1 atom stereocenters. The molecule has 1 unspecified atom stereocenters. The van der Waals surface area contributed by atoms with Gasteiger partial charge < -0.3 is 9.38 Å². The number of hydrogen-bond acceptors (Lipinski definition) is 2. The fourth-order valence-corrected chi connectivity index (χ4v) is 6.41. The van der Waals surface area contributed by atoms with Gasteiger partial charge in [0.05, 0.1) is 6.04 Å². The topological polar surface area (TPSA) is 6.48 Å². The molecule has 0 aliphatic carbocycles. The number of benzene rings is 4. The summed E-state index contributed by atoms with van der Waals surface area (Å²) in [4.78, 5) is 5.40. The first-order chi connectivity index (χ1) is 17.8. The quantitative estimate of drug-likeness (QED) is 0.311. The van der Waals surface area contributed by atoms with Crippen LogP contribution in [0.5, 0.6) is 0 Å². The zero-order chi connectivity index (χ0) is 24.2. The van der Waals surface area contributed by atoms with Crippen LogP contribution in [0.2, 0.25) is 0 Å².